The van der Waals surface area contributed by atoms with Crippen LogP contribution in [0.15, 0.2) is 0 Å². The van der Waals surface area contributed by atoms with Gasteiger partial charge in [0.1, 0.15) is 0 Å². The van der Waals surface area contributed by atoms with Gasteiger partial charge in [-0.3, -0.25) is 0 Å². The molecule has 2 aliphatic rings. The van der Waals surface area contributed by atoms with Gasteiger partial charge in [0.2, 0.25) is 0 Å². The van der Waals surface area contributed by atoms with Gasteiger partial charge in [-0.2, -0.15) is 0 Å². The van der Waals surface area contributed by atoms with Gasteiger partial charge in [0.15, 0.2) is 5.11 Å². The predicted molar refractivity (Wildman–Crippen MR) is 74.1 cm³/mol. The molecule has 0 bridgehead atoms. The summed E-state index contributed by atoms with van der Waals surface area (Å²) in [4.78, 5) is 0. The van der Waals surface area contributed by atoms with E-state index < -0.39 is 0 Å². The summed E-state index contributed by atoms with van der Waals surface area (Å²) in [7, 11) is 1.79. The molecule has 17 heavy (non-hydrogen) atoms. The highest BCUT2D eigenvalue weighted by Gasteiger charge is 2.48. The molecule has 0 saturated heterocycles. The molecule has 0 heterocycles. The zero-order valence-electron chi connectivity index (χ0n) is 11.1. The summed E-state index contributed by atoms with van der Waals surface area (Å²) in [5, 5.41) is 7.69. The molecular weight excluding hydrogens is 232 g/mol. The van der Waals surface area contributed by atoms with E-state index in [4.69, 9.17) is 17.0 Å². The van der Waals surface area contributed by atoms with Crippen molar-refractivity contribution in [2.45, 2.75) is 64.1 Å². The van der Waals surface area contributed by atoms with Crippen LogP contribution in [-0.4, -0.2) is 30.4 Å². The fourth-order valence-electron chi connectivity index (χ4n) is 2.99. The molecule has 0 spiro atoms. The lowest BCUT2D eigenvalue weighted by Gasteiger charge is -2.51. The Kier molecular flexibility index (Phi) is 3.93. The third-order valence-electron chi connectivity index (χ3n) is 4.46. The van der Waals surface area contributed by atoms with E-state index in [0.717, 1.165) is 11.5 Å². The largest absolute Gasteiger partial charge is 0.381 e. The van der Waals surface area contributed by atoms with Crippen LogP contribution in [0.4, 0.5) is 0 Å². The first-order valence-electron chi connectivity index (χ1n) is 6.64. The summed E-state index contributed by atoms with van der Waals surface area (Å²) in [6.07, 6.45) is 6.60. The molecule has 2 aliphatic carbocycles. The van der Waals surface area contributed by atoms with Gasteiger partial charge in [-0.05, 0) is 31.5 Å². The van der Waals surface area contributed by atoms with E-state index in [1.807, 2.05) is 0 Å². The maximum Gasteiger partial charge on any atom is 0.166 e. The van der Waals surface area contributed by atoms with E-state index >= 15 is 0 Å². The van der Waals surface area contributed by atoms with Gasteiger partial charge in [0.25, 0.3) is 0 Å². The summed E-state index contributed by atoms with van der Waals surface area (Å²) in [5.41, 5.74) is 0.177. The number of hydrogen-bond acceptors (Lipinski definition) is 2. The van der Waals surface area contributed by atoms with Crippen molar-refractivity contribution in [3.63, 3.8) is 0 Å². The standard InChI is InChI=1S/C13H24N2OS/c1-13(2)10(8-11(13)16-3)15-12(17)14-9-6-4-5-7-9/h9-11H,4-8H2,1-3H3,(H2,14,15,17). The minimum absolute atomic E-state index is 0.177. The Balaban J connectivity index is 1.76. The monoisotopic (exact) mass is 256 g/mol. The Morgan fingerprint density at radius 2 is 1.88 bits per heavy atom. The first-order valence-corrected chi connectivity index (χ1v) is 7.04. The van der Waals surface area contributed by atoms with Crippen molar-refractivity contribution in [2.24, 2.45) is 5.41 Å². The summed E-state index contributed by atoms with van der Waals surface area (Å²) in [5.74, 6) is 0. The van der Waals surface area contributed by atoms with Crippen LogP contribution in [0.2, 0.25) is 0 Å². The van der Waals surface area contributed by atoms with Gasteiger partial charge < -0.3 is 15.4 Å². The molecule has 3 nitrogen and oxygen atoms in total. The van der Waals surface area contributed by atoms with Crippen molar-refractivity contribution in [2.75, 3.05) is 7.11 Å². The lowest BCUT2D eigenvalue weighted by molar-refractivity contribution is -0.0920. The molecule has 0 aromatic rings. The van der Waals surface area contributed by atoms with Crippen LogP contribution in [0.3, 0.4) is 0 Å². The maximum atomic E-state index is 5.44. The SMILES string of the molecule is COC1CC(NC(=S)NC2CCCC2)C1(C)C. The van der Waals surface area contributed by atoms with Crippen LogP contribution in [0.1, 0.15) is 46.0 Å². The Labute approximate surface area is 110 Å². The molecule has 0 radical (unpaired) electrons. The Morgan fingerprint density at radius 3 is 2.41 bits per heavy atom. The molecule has 2 unspecified atom stereocenters. The molecule has 0 aliphatic heterocycles. The summed E-state index contributed by atoms with van der Waals surface area (Å²) >= 11 is 5.38. The molecule has 2 N–H and O–H groups in total. The first kappa shape index (κ1) is 13.1. The van der Waals surface area contributed by atoms with Gasteiger partial charge in [0, 0.05) is 24.6 Å². The zero-order chi connectivity index (χ0) is 12.5. The van der Waals surface area contributed by atoms with Gasteiger partial charge in [-0.15, -0.1) is 0 Å². The van der Waals surface area contributed by atoms with Crippen LogP contribution in [-0.2, 0) is 4.74 Å². The van der Waals surface area contributed by atoms with E-state index in [9.17, 15) is 0 Å². The summed E-state index contributed by atoms with van der Waals surface area (Å²) < 4.78 is 5.44. The van der Waals surface area contributed by atoms with Gasteiger partial charge in [-0.1, -0.05) is 26.7 Å². The van der Waals surface area contributed by atoms with Crippen LogP contribution in [0, 0.1) is 5.41 Å². The molecule has 2 fully saturated rings. The Bertz CT molecular complexity index is 287. The highest BCUT2D eigenvalue weighted by atomic mass is 32.1. The summed E-state index contributed by atoms with van der Waals surface area (Å²) in [6, 6.07) is 1.03. The van der Waals surface area contributed by atoms with Crippen molar-refractivity contribution < 1.29 is 4.74 Å². The number of thiocarbonyl (C=S) groups is 1. The molecule has 98 valence electrons. The number of ether oxygens (including phenoxy) is 1. The van der Waals surface area contributed by atoms with Crippen LogP contribution < -0.4 is 10.6 Å². The minimum Gasteiger partial charge on any atom is -0.381 e. The third-order valence-corrected chi connectivity index (χ3v) is 4.69. The lowest BCUT2D eigenvalue weighted by Crippen LogP contribution is -2.63. The molecule has 2 saturated carbocycles. The summed E-state index contributed by atoms with van der Waals surface area (Å²) in [6.45, 7) is 4.47. The molecule has 2 rings (SSSR count). The van der Waals surface area contributed by atoms with Crippen molar-refractivity contribution in [1.82, 2.24) is 10.6 Å². The second-order valence-corrected chi connectivity index (χ2v) is 6.34. The second-order valence-electron chi connectivity index (χ2n) is 5.93. The van der Waals surface area contributed by atoms with Crippen LogP contribution in [0.25, 0.3) is 0 Å². The number of methoxy groups -OCH3 is 1. The van der Waals surface area contributed by atoms with Crippen LogP contribution in [0.5, 0.6) is 0 Å². The van der Waals surface area contributed by atoms with Crippen molar-refractivity contribution in [3.8, 4) is 0 Å². The van der Waals surface area contributed by atoms with Gasteiger partial charge in [-0.25, -0.2) is 0 Å². The highest BCUT2D eigenvalue weighted by molar-refractivity contribution is 7.80. The van der Waals surface area contributed by atoms with Crippen molar-refractivity contribution in [3.05, 3.63) is 0 Å². The molecule has 0 aromatic heterocycles. The first-order chi connectivity index (χ1) is 8.04. The van der Waals surface area contributed by atoms with E-state index in [1.165, 1.54) is 25.7 Å². The van der Waals surface area contributed by atoms with Gasteiger partial charge in [0.05, 0.1) is 6.10 Å². The fraction of sp³-hybridized carbons (Fsp3) is 0.923. The number of rotatable bonds is 3. The molecule has 0 aromatic carbocycles. The second kappa shape index (κ2) is 5.11. The quantitative estimate of drug-likeness (QED) is 0.759. The van der Waals surface area contributed by atoms with E-state index in [1.54, 1.807) is 7.11 Å². The smallest absolute Gasteiger partial charge is 0.166 e. The van der Waals surface area contributed by atoms with Gasteiger partial charge >= 0.3 is 0 Å². The Hall–Kier alpha value is -0.350. The molecular formula is C13H24N2OS. The fourth-order valence-corrected chi connectivity index (χ4v) is 3.29. The zero-order valence-corrected chi connectivity index (χ0v) is 11.9. The van der Waals surface area contributed by atoms with Crippen molar-refractivity contribution in [1.29, 1.82) is 0 Å². The number of nitrogens with one attached hydrogen (secondary N) is 2. The topological polar surface area (TPSA) is 33.3 Å². The minimum atomic E-state index is 0.177. The van der Waals surface area contributed by atoms with E-state index in [-0.39, 0.29) is 5.41 Å². The predicted octanol–water partition coefficient (Wildman–Crippen LogP) is 2.21. The average Bonchev–Trinajstić information content (AvgIpc) is 2.76. The number of hydrogen-bond donors (Lipinski definition) is 2. The third kappa shape index (κ3) is 2.74. The van der Waals surface area contributed by atoms with Crippen molar-refractivity contribution >= 4 is 17.3 Å². The maximum absolute atomic E-state index is 5.44. The molecule has 4 heteroatoms. The Morgan fingerprint density at radius 1 is 1.24 bits per heavy atom. The highest BCUT2D eigenvalue weighted by Crippen LogP contribution is 2.42. The average molecular weight is 256 g/mol. The molecule has 0 amide bonds. The lowest BCUT2D eigenvalue weighted by atomic mass is 9.64. The molecule has 2 atom stereocenters. The van der Waals surface area contributed by atoms with E-state index in [2.05, 4.69) is 24.5 Å². The normalized spacial score (nSPS) is 31.9. The van der Waals surface area contributed by atoms with Crippen LogP contribution >= 0.6 is 12.2 Å². The van der Waals surface area contributed by atoms with E-state index in [0.29, 0.717) is 18.2 Å².